The molecule has 1 saturated heterocycles. The summed E-state index contributed by atoms with van der Waals surface area (Å²) in [6.45, 7) is 1.88. The standard InChI is InChI=1S/C13H15N3O5/c1-13(9-4-3-5-10(8-9)16(19)20)11(17)15(6-7-21-2)12(18)14-13/h3-5,8H,6-7H2,1-2H3,(H,14,18). The lowest BCUT2D eigenvalue weighted by Gasteiger charge is -2.22. The zero-order valence-electron chi connectivity index (χ0n) is 11.7. The zero-order chi connectivity index (χ0) is 15.6. The third-order valence-electron chi connectivity index (χ3n) is 3.43. The zero-order valence-corrected chi connectivity index (χ0v) is 11.7. The van der Waals surface area contributed by atoms with Gasteiger partial charge in [-0.3, -0.25) is 19.8 Å². The van der Waals surface area contributed by atoms with Crippen molar-refractivity contribution in [3.05, 3.63) is 39.9 Å². The van der Waals surface area contributed by atoms with Gasteiger partial charge < -0.3 is 10.1 Å². The number of hydrogen-bond acceptors (Lipinski definition) is 5. The molecule has 0 saturated carbocycles. The van der Waals surface area contributed by atoms with Gasteiger partial charge in [-0.25, -0.2) is 4.79 Å². The van der Waals surface area contributed by atoms with Crippen LogP contribution < -0.4 is 5.32 Å². The summed E-state index contributed by atoms with van der Waals surface area (Å²) in [5.74, 6) is -0.454. The lowest BCUT2D eigenvalue weighted by molar-refractivity contribution is -0.385. The van der Waals surface area contributed by atoms with Crippen molar-refractivity contribution in [2.45, 2.75) is 12.5 Å². The molecule has 1 N–H and O–H groups in total. The van der Waals surface area contributed by atoms with Gasteiger partial charge in [-0.1, -0.05) is 12.1 Å². The normalized spacial score (nSPS) is 21.5. The number of methoxy groups -OCH3 is 1. The largest absolute Gasteiger partial charge is 0.383 e. The van der Waals surface area contributed by atoms with Crippen molar-refractivity contribution in [1.29, 1.82) is 0 Å². The van der Waals surface area contributed by atoms with Gasteiger partial charge in [0.1, 0.15) is 5.54 Å². The number of carbonyl (C=O) groups excluding carboxylic acids is 2. The molecule has 1 aliphatic rings. The molecule has 112 valence electrons. The molecule has 8 heteroatoms. The van der Waals surface area contributed by atoms with Crippen molar-refractivity contribution in [2.24, 2.45) is 0 Å². The molecule has 1 aromatic rings. The molecule has 1 atom stereocenters. The number of hydrogen-bond donors (Lipinski definition) is 1. The van der Waals surface area contributed by atoms with E-state index in [1.54, 1.807) is 6.07 Å². The quantitative estimate of drug-likeness (QED) is 0.496. The maximum atomic E-state index is 12.4. The average Bonchev–Trinajstić information content (AvgIpc) is 2.68. The Kier molecular flexibility index (Phi) is 3.90. The molecule has 1 fully saturated rings. The maximum Gasteiger partial charge on any atom is 0.325 e. The highest BCUT2D eigenvalue weighted by atomic mass is 16.6. The summed E-state index contributed by atoms with van der Waals surface area (Å²) in [6, 6.07) is 5.14. The number of nitrogens with one attached hydrogen (secondary N) is 1. The maximum absolute atomic E-state index is 12.4. The lowest BCUT2D eigenvalue weighted by Crippen LogP contribution is -2.41. The van der Waals surface area contributed by atoms with Crippen molar-refractivity contribution < 1.29 is 19.2 Å². The van der Waals surface area contributed by atoms with Crippen molar-refractivity contribution >= 4 is 17.6 Å². The van der Waals surface area contributed by atoms with E-state index in [9.17, 15) is 19.7 Å². The molecule has 21 heavy (non-hydrogen) atoms. The van der Waals surface area contributed by atoms with Crippen LogP contribution in [0.4, 0.5) is 10.5 Å². The molecule has 0 spiro atoms. The molecule has 1 unspecified atom stereocenters. The number of non-ortho nitro benzene ring substituents is 1. The second-order valence-corrected chi connectivity index (χ2v) is 4.81. The summed E-state index contributed by atoms with van der Waals surface area (Å²) in [4.78, 5) is 35.7. The molecule has 0 aliphatic carbocycles. The van der Waals surface area contributed by atoms with E-state index >= 15 is 0 Å². The number of urea groups is 1. The summed E-state index contributed by atoms with van der Waals surface area (Å²) < 4.78 is 4.86. The van der Waals surface area contributed by atoms with Gasteiger partial charge in [0.25, 0.3) is 11.6 Å². The number of carbonyl (C=O) groups is 2. The molecular formula is C13H15N3O5. The summed E-state index contributed by atoms with van der Waals surface area (Å²) in [7, 11) is 1.47. The first-order chi connectivity index (χ1) is 9.90. The monoisotopic (exact) mass is 293 g/mol. The van der Waals surface area contributed by atoms with E-state index in [-0.39, 0.29) is 18.8 Å². The fourth-order valence-electron chi connectivity index (χ4n) is 2.21. The first-order valence-electron chi connectivity index (χ1n) is 6.28. The fraction of sp³-hybridized carbons (Fsp3) is 0.385. The van der Waals surface area contributed by atoms with Gasteiger partial charge in [-0.15, -0.1) is 0 Å². The van der Waals surface area contributed by atoms with Crippen LogP contribution in [0.5, 0.6) is 0 Å². The van der Waals surface area contributed by atoms with Crippen LogP contribution in [0.25, 0.3) is 0 Å². The molecule has 1 aliphatic heterocycles. The number of amides is 3. The predicted octanol–water partition coefficient (Wildman–Crippen LogP) is 1.01. The highest BCUT2D eigenvalue weighted by molar-refractivity contribution is 6.07. The minimum Gasteiger partial charge on any atom is -0.383 e. The van der Waals surface area contributed by atoms with Gasteiger partial charge in [0, 0.05) is 19.2 Å². The summed E-state index contributed by atoms with van der Waals surface area (Å²) in [6.07, 6.45) is 0. The molecule has 1 heterocycles. The minimum absolute atomic E-state index is 0.131. The van der Waals surface area contributed by atoms with Crippen LogP contribution in [-0.2, 0) is 15.1 Å². The Morgan fingerprint density at radius 3 is 2.76 bits per heavy atom. The van der Waals surface area contributed by atoms with Crippen LogP contribution in [0.3, 0.4) is 0 Å². The van der Waals surface area contributed by atoms with Crippen LogP contribution in [0.1, 0.15) is 12.5 Å². The predicted molar refractivity (Wildman–Crippen MR) is 72.6 cm³/mol. The van der Waals surface area contributed by atoms with Crippen LogP contribution in [0, 0.1) is 10.1 Å². The van der Waals surface area contributed by atoms with E-state index in [1.807, 2.05) is 0 Å². The van der Waals surface area contributed by atoms with Crippen LogP contribution >= 0.6 is 0 Å². The van der Waals surface area contributed by atoms with Crippen molar-refractivity contribution in [3.63, 3.8) is 0 Å². The number of rotatable bonds is 5. The molecule has 0 aromatic heterocycles. The number of nitrogens with zero attached hydrogens (tertiary/aromatic N) is 2. The van der Waals surface area contributed by atoms with E-state index in [0.717, 1.165) is 4.90 Å². The third-order valence-corrected chi connectivity index (χ3v) is 3.43. The minimum atomic E-state index is -1.31. The van der Waals surface area contributed by atoms with E-state index in [0.29, 0.717) is 5.56 Å². The van der Waals surface area contributed by atoms with Gasteiger partial charge in [-0.05, 0) is 12.5 Å². The number of benzene rings is 1. The number of imide groups is 1. The average molecular weight is 293 g/mol. The Morgan fingerprint density at radius 2 is 2.14 bits per heavy atom. The molecule has 8 nitrogen and oxygen atoms in total. The van der Waals surface area contributed by atoms with Crippen molar-refractivity contribution in [3.8, 4) is 0 Å². The van der Waals surface area contributed by atoms with Gasteiger partial charge in [0.2, 0.25) is 0 Å². The van der Waals surface area contributed by atoms with Gasteiger partial charge in [0.15, 0.2) is 0 Å². The van der Waals surface area contributed by atoms with Gasteiger partial charge in [-0.2, -0.15) is 0 Å². The van der Waals surface area contributed by atoms with Gasteiger partial charge >= 0.3 is 6.03 Å². The van der Waals surface area contributed by atoms with Crippen molar-refractivity contribution in [1.82, 2.24) is 10.2 Å². The first kappa shape index (κ1) is 14.9. The van der Waals surface area contributed by atoms with Crippen molar-refractivity contribution in [2.75, 3.05) is 20.3 Å². The van der Waals surface area contributed by atoms with Crippen LogP contribution in [-0.4, -0.2) is 42.0 Å². The van der Waals surface area contributed by atoms with Crippen LogP contribution in [0.15, 0.2) is 24.3 Å². The number of ether oxygens (including phenoxy) is 1. The van der Waals surface area contributed by atoms with E-state index in [1.165, 1.54) is 32.2 Å². The molecular weight excluding hydrogens is 278 g/mol. The third kappa shape index (κ3) is 2.57. The highest BCUT2D eigenvalue weighted by Gasteiger charge is 2.49. The van der Waals surface area contributed by atoms with Gasteiger partial charge in [0.05, 0.1) is 18.1 Å². The fourth-order valence-corrected chi connectivity index (χ4v) is 2.21. The summed E-state index contributed by atoms with van der Waals surface area (Å²) in [5, 5.41) is 13.4. The molecule has 2 rings (SSSR count). The van der Waals surface area contributed by atoms with E-state index in [4.69, 9.17) is 4.74 Å². The van der Waals surface area contributed by atoms with Crippen LogP contribution in [0.2, 0.25) is 0 Å². The molecule has 1 aromatic carbocycles. The summed E-state index contributed by atoms with van der Waals surface area (Å²) in [5.41, 5.74) is -1.07. The Bertz CT molecular complexity index is 603. The number of nitro benzene ring substituents is 1. The second kappa shape index (κ2) is 5.49. The second-order valence-electron chi connectivity index (χ2n) is 4.81. The smallest absolute Gasteiger partial charge is 0.325 e. The van der Waals surface area contributed by atoms with E-state index in [2.05, 4.69) is 5.32 Å². The molecule has 0 radical (unpaired) electrons. The highest BCUT2D eigenvalue weighted by Crippen LogP contribution is 2.30. The molecule has 3 amide bonds. The first-order valence-corrected chi connectivity index (χ1v) is 6.28. The topological polar surface area (TPSA) is 102 Å². The molecule has 0 bridgehead atoms. The number of nitro groups is 1. The summed E-state index contributed by atoms with van der Waals surface area (Å²) >= 11 is 0. The van der Waals surface area contributed by atoms with E-state index < -0.39 is 22.4 Å². The Morgan fingerprint density at radius 1 is 1.43 bits per heavy atom. The Balaban J connectivity index is 2.34. The SMILES string of the molecule is COCCN1C(=O)NC(C)(c2cccc([N+](=O)[O-])c2)C1=O. The Hall–Kier alpha value is -2.48. The Labute approximate surface area is 120 Å². The lowest BCUT2D eigenvalue weighted by atomic mass is 9.91.